The first-order chi connectivity index (χ1) is 7.81. The third kappa shape index (κ3) is 2.06. The van der Waals surface area contributed by atoms with E-state index in [1.807, 2.05) is 43.5 Å². The lowest BCUT2D eigenvalue weighted by atomic mass is 10.0. The lowest BCUT2D eigenvalue weighted by molar-refractivity contribution is -0.105. The molecule has 1 aliphatic rings. The number of hydrogen-bond acceptors (Lipinski definition) is 3. The number of nitrogens with one attached hydrogen (secondary N) is 3. The molecule has 2 rings (SSSR count). The van der Waals surface area contributed by atoms with Crippen molar-refractivity contribution in [1.82, 2.24) is 10.9 Å². The number of anilines is 1. The van der Waals surface area contributed by atoms with Gasteiger partial charge in [0.15, 0.2) is 0 Å². The Morgan fingerprint density at radius 2 is 2.31 bits per heavy atom. The Morgan fingerprint density at radius 3 is 3.00 bits per heavy atom. The number of allylic oxidation sites excluding steroid dienone is 2. The van der Waals surface area contributed by atoms with Crippen LogP contribution in [0.15, 0.2) is 36.6 Å². The Kier molecular flexibility index (Phi) is 2.91. The number of benzene rings is 1. The largest absolute Gasteiger partial charge is 0.329 e. The lowest BCUT2D eigenvalue weighted by Crippen LogP contribution is -2.27. The second kappa shape index (κ2) is 4.53. The zero-order chi connectivity index (χ0) is 11.4. The summed E-state index contributed by atoms with van der Waals surface area (Å²) in [6, 6.07) is 5.78. The Hall–Kier alpha value is -2.23. The number of rotatable bonds is 3. The Bertz CT molecular complexity index is 469. The first-order valence-electron chi connectivity index (χ1n) is 5.01. The summed E-state index contributed by atoms with van der Waals surface area (Å²) in [6.07, 6.45) is 6.39. The second-order valence-corrected chi connectivity index (χ2v) is 3.50. The van der Waals surface area contributed by atoms with Crippen molar-refractivity contribution in [2.75, 3.05) is 5.32 Å². The summed E-state index contributed by atoms with van der Waals surface area (Å²) >= 11 is 0. The molecule has 0 aromatic heterocycles. The van der Waals surface area contributed by atoms with E-state index in [4.69, 9.17) is 0 Å². The molecule has 0 unspecified atom stereocenters. The predicted octanol–water partition coefficient (Wildman–Crippen LogP) is 1.77. The zero-order valence-corrected chi connectivity index (χ0v) is 8.95. The molecule has 1 aromatic carbocycles. The molecule has 3 N–H and O–H groups in total. The molecule has 0 aliphatic carbocycles. The highest BCUT2D eigenvalue weighted by Gasteiger charge is 2.06. The fraction of sp³-hybridized carbons (Fsp3) is 0.0833. The smallest absolute Gasteiger partial charge is 0.211 e. The number of carbonyl (C=O) groups excluding carboxylic acids is 1. The first kappa shape index (κ1) is 10.3. The van der Waals surface area contributed by atoms with Crippen molar-refractivity contribution in [1.29, 1.82) is 0 Å². The van der Waals surface area contributed by atoms with E-state index >= 15 is 0 Å². The first-order valence-corrected chi connectivity index (χ1v) is 5.01. The molecule has 0 atom stereocenters. The van der Waals surface area contributed by atoms with Crippen LogP contribution in [0, 0.1) is 6.92 Å². The van der Waals surface area contributed by atoms with Gasteiger partial charge in [-0.2, -0.15) is 0 Å². The van der Waals surface area contributed by atoms with E-state index in [9.17, 15) is 4.79 Å². The van der Waals surface area contributed by atoms with Crippen LogP contribution in [0.4, 0.5) is 5.69 Å². The van der Waals surface area contributed by atoms with Crippen LogP contribution in [0.3, 0.4) is 0 Å². The molecule has 0 fully saturated rings. The molecular formula is C12H15N3O. The third-order valence-electron chi connectivity index (χ3n) is 2.40. The van der Waals surface area contributed by atoms with Gasteiger partial charge in [-0.3, -0.25) is 4.79 Å². The molecule has 0 saturated carbocycles. The van der Waals surface area contributed by atoms with Crippen molar-refractivity contribution in [2.24, 2.45) is 0 Å². The summed E-state index contributed by atoms with van der Waals surface area (Å²) in [5.41, 5.74) is 9.95. The maximum atomic E-state index is 10.4. The van der Waals surface area contributed by atoms with Crippen LogP contribution < -0.4 is 16.2 Å². The minimum Gasteiger partial charge on any atom is -0.329 e. The molecule has 1 amide bonds. The van der Waals surface area contributed by atoms with Gasteiger partial charge in [-0.25, -0.2) is 0 Å². The van der Waals surface area contributed by atoms with Crippen LogP contribution in [0.2, 0.25) is 0 Å². The van der Waals surface area contributed by atoms with Crippen LogP contribution >= 0.6 is 0 Å². The van der Waals surface area contributed by atoms with Gasteiger partial charge >= 0.3 is 0 Å². The Morgan fingerprint density at radius 1 is 1.44 bits per heavy atom. The van der Waals surface area contributed by atoms with Gasteiger partial charge in [-0.05, 0) is 36.8 Å². The highest BCUT2D eigenvalue weighted by Crippen LogP contribution is 2.21. The molecule has 4 heteroatoms. The molecule has 1 aliphatic heterocycles. The van der Waals surface area contributed by atoms with Crippen LogP contribution in [0.5, 0.6) is 0 Å². The van der Waals surface area contributed by atoms with Crippen molar-refractivity contribution in [3.05, 3.63) is 47.7 Å². The molecule has 0 saturated heterocycles. The number of hydrazine groups is 1. The van der Waals surface area contributed by atoms with Crippen molar-refractivity contribution >= 4 is 17.8 Å². The summed E-state index contributed by atoms with van der Waals surface area (Å²) in [6.45, 7) is 2.03. The highest BCUT2D eigenvalue weighted by molar-refractivity contribution is 5.76. The molecule has 0 radical (unpaired) electrons. The van der Waals surface area contributed by atoms with Crippen molar-refractivity contribution in [3.63, 3.8) is 0 Å². The molecule has 1 heterocycles. The monoisotopic (exact) mass is 217 g/mol. The minimum absolute atomic E-state index is 0. The van der Waals surface area contributed by atoms with Crippen LogP contribution in [0.1, 0.15) is 12.6 Å². The summed E-state index contributed by atoms with van der Waals surface area (Å²) < 4.78 is 0. The van der Waals surface area contributed by atoms with E-state index in [0.717, 1.165) is 22.5 Å². The molecule has 16 heavy (non-hydrogen) atoms. The average Bonchev–Trinajstić information content (AvgIpc) is 2.33. The van der Waals surface area contributed by atoms with Gasteiger partial charge < -0.3 is 16.2 Å². The number of hydrogen-bond donors (Lipinski definition) is 3. The van der Waals surface area contributed by atoms with Crippen LogP contribution in [-0.2, 0) is 4.79 Å². The summed E-state index contributed by atoms with van der Waals surface area (Å²) in [4.78, 5) is 10.4. The molecule has 1 aromatic rings. The second-order valence-electron chi connectivity index (χ2n) is 3.50. The van der Waals surface area contributed by atoms with Crippen molar-refractivity contribution < 1.29 is 6.22 Å². The zero-order valence-electron chi connectivity index (χ0n) is 8.95. The maximum absolute atomic E-state index is 10.4. The number of aryl methyl sites for hydroxylation is 1. The predicted molar refractivity (Wildman–Crippen MR) is 66.4 cm³/mol. The van der Waals surface area contributed by atoms with E-state index in [2.05, 4.69) is 16.2 Å². The van der Waals surface area contributed by atoms with E-state index in [-0.39, 0.29) is 1.43 Å². The van der Waals surface area contributed by atoms with E-state index in [0.29, 0.717) is 6.41 Å². The summed E-state index contributed by atoms with van der Waals surface area (Å²) in [5.74, 6) is 0. The van der Waals surface area contributed by atoms with E-state index in [1.165, 1.54) is 0 Å². The summed E-state index contributed by atoms with van der Waals surface area (Å²) in [5, 5.41) is 2.64. The van der Waals surface area contributed by atoms with E-state index < -0.39 is 0 Å². The molecular weight excluding hydrogens is 202 g/mol. The van der Waals surface area contributed by atoms with Gasteiger partial charge in [0.05, 0.1) is 5.70 Å². The van der Waals surface area contributed by atoms with E-state index in [1.54, 1.807) is 0 Å². The standard InChI is InChI=1S/C12H13N3O.H2/c1-9-4-5-10(13-8-16)7-11(9)12-3-2-6-14-15-12;/h2-8,14-15H,1H3,(H,13,16);1H. The SMILES string of the molecule is Cc1ccc(NC=O)cc1C1=CC=CNN1.[HH]. The van der Waals surface area contributed by atoms with Crippen LogP contribution in [0.25, 0.3) is 5.70 Å². The van der Waals surface area contributed by atoms with Crippen molar-refractivity contribution in [3.8, 4) is 0 Å². The number of amides is 1. The van der Waals surface area contributed by atoms with Gasteiger partial charge in [0, 0.05) is 18.9 Å². The normalized spacial score (nSPS) is 13.4. The van der Waals surface area contributed by atoms with Gasteiger partial charge in [-0.15, -0.1) is 0 Å². The molecule has 0 bridgehead atoms. The van der Waals surface area contributed by atoms with Gasteiger partial charge in [-0.1, -0.05) is 6.07 Å². The quantitative estimate of drug-likeness (QED) is 0.676. The third-order valence-corrected chi connectivity index (χ3v) is 2.40. The molecule has 0 spiro atoms. The average molecular weight is 217 g/mol. The van der Waals surface area contributed by atoms with Gasteiger partial charge in [0.2, 0.25) is 6.41 Å². The number of carbonyl (C=O) groups is 1. The fourth-order valence-electron chi connectivity index (χ4n) is 1.58. The van der Waals surface area contributed by atoms with Gasteiger partial charge in [0.1, 0.15) is 0 Å². The van der Waals surface area contributed by atoms with Crippen molar-refractivity contribution in [2.45, 2.75) is 6.92 Å². The van der Waals surface area contributed by atoms with Gasteiger partial charge in [0.25, 0.3) is 0 Å². The highest BCUT2D eigenvalue weighted by atomic mass is 16.1. The van der Waals surface area contributed by atoms with Crippen LogP contribution in [-0.4, -0.2) is 6.41 Å². The minimum atomic E-state index is 0. The summed E-state index contributed by atoms with van der Waals surface area (Å²) in [7, 11) is 0. The Balaban J connectivity index is 0.00000144. The molecule has 84 valence electrons. The maximum Gasteiger partial charge on any atom is 0.211 e. The fourth-order valence-corrected chi connectivity index (χ4v) is 1.58. The Labute approximate surface area is 95.5 Å². The topological polar surface area (TPSA) is 53.2 Å². The lowest BCUT2D eigenvalue weighted by Gasteiger charge is -2.16. The molecule has 4 nitrogen and oxygen atoms in total.